The van der Waals surface area contributed by atoms with Gasteiger partial charge in [-0.3, -0.25) is 0 Å². The van der Waals surface area contributed by atoms with Gasteiger partial charge in [-0.2, -0.15) is 0 Å². The fraction of sp³-hybridized carbons (Fsp3) is 0.273. The summed E-state index contributed by atoms with van der Waals surface area (Å²) in [5.41, 5.74) is 1.15. The zero-order valence-corrected chi connectivity index (χ0v) is 7.73. The van der Waals surface area contributed by atoms with Crippen molar-refractivity contribution in [3.63, 3.8) is 0 Å². The van der Waals surface area contributed by atoms with Gasteiger partial charge in [-0.05, 0) is 18.6 Å². The molecule has 0 saturated heterocycles. The average Bonchev–Trinajstić information content (AvgIpc) is 2.70. The van der Waals surface area contributed by atoms with Gasteiger partial charge in [0.2, 0.25) is 0 Å². The number of anilines is 1. The maximum Gasteiger partial charge on any atom is 0.142 e. The Bertz CT molecular complexity index is 320. The second-order valence-corrected chi connectivity index (χ2v) is 3.04. The molecule has 0 unspecified atom stereocenters. The number of nitrogens with zero attached hydrogens (tertiary/aromatic N) is 1. The van der Waals surface area contributed by atoms with Gasteiger partial charge in [0.25, 0.3) is 0 Å². The molecule has 13 heavy (non-hydrogen) atoms. The van der Waals surface area contributed by atoms with E-state index in [0.717, 1.165) is 24.4 Å². The van der Waals surface area contributed by atoms with Gasteiger partial charge in [0.1, 0.15) is 5.75 Å². The number of para-hydroxylation sites is 2. The summed E-state index contributed by atoms with van der Waals surface area (Å²) in [5, 5.41) is 0. The number of rotatable bonds is 2. The maximum atomic E-state index is 5.28. The molecule has 0 fully saturated rings. The third-order valence-corrected chi connectivity index (χ3v) is 2.22. The van der Waals surface area contributed by atoms with Crippen molar-refractivity contribution in [2.75, 3.05) is 18.6 Å². The van der Waals surface area contributed by atoms with Crippen molar-refractivity contribution in [3.05, 3.63) is 36.5 Å². The first-order valence-electron chi connectivity index (χ1n) is 4.48. The highest BCUT2D eigenvalue weighted by molar-refractivity contribution is 5.60. The highest BCUT2D eigenvalue weighted by atomic mass is 16.5. The molecule has 0 atom stereocenters. The largest absolute Gasteiger partial charge is 0.495 e. The molecule has 2 heteroatoms. The second-order valence-electron chi connectivity index (χ2n) is 3.04. The minimum atomic E-state index is 0.939. The molecule has 0 aromatic heterocycles. The molecular weight excluding hydrogens is 162 g/mol. The fourth-order valence-corrected chi connectivity index (χ4v) is 1.56. The molecule has 1 heterocycles. The Morgan fingerprint density at radius 2 is 2.15 bits per heavy atom. The maximum absolute atomic E-state index is 5.28. The Labute approximate surface area is 78.4 Å². The molecule has 1 aliphatic rings. The van der Waals surface area contributed by atoms with Crippen molar-refractivity contribution in [2.45, 2.75) is 6.42 Å². The normalized spacial score (nSPS) is 15.0. The van der Waals surface area contributed by atoms with Crippen LogP contribution in [0.25, 0.3) is 0 Å². The lowest BCUT2D eigenvalue weighted by atomic mass is 10.2. The van der Waals surface area contributed by atoms with E-state index in [0.29, 0.717) is 0 Å². The SMILES string of the molecule is COc1ccccc1N1C=CCC1. The monoisotopic (exact) mass is 175 g/mol. The van der Waals surface area contributed by atoms with E-state index in [9.17, 15) is 0 Å². The van der Waals surface area contributed by atoms with E-state index in [2.05, 4.69) is 23.2 Å². The predicted octanol–water partition coefficient (Wildman–Crippen LogP) is 2.42. The molecular formula is C11H13NO. The zero-order valence-electron chi connectivity index (χ0n) is 7.73. The van der Waals surface area contributed by atoms with Crippen LogP contribution in [0.15, 0.2) is 36.5 Å². The number of benzene rings is 1. The quantitative estimate of drug-likeness (QED) is 0.684. The van der Waals surface area contributed by atoms with Gasteiger partial charge in [-0.25, -0.2) is 0 Å². The van der Waals surface area contributed by atoms with Crippen LogP contribution in [-0.4, -0.2) is 13.7 Å². The summed E-state index contributed by atoms with van der Waals surface area (Å²) in [5.74, 6) is 0.939. The molecule has 1 aromatic rings. The van der Waals surface area contributed by atoms with Gasteiger partial charge in [0, 0.05) is 12.7 Å². The van der Waals surface area contributed by atoms with Gasteiger partial charge in [0.05, 0.1) is 12.8 Å². The Kier molecular flexibility index (Phi) is 2.21. The summed E-state index contributed by atoms with van der Waals surface area (Å²) in [6, 6.07) is 8.09. The van der Waals surface area contributed by atoms with Crippen molar-refractivity contribution < 1.29 is 4.74 Å². The van der Waals surface area contributed by atoms with Crippen LogP contribution in [0.3, 0.4) is 0 Å². The molecule has 1 aromatic carbocycles. The molecule has 68 valence electrons. The number of ether oxygens (including phenoxy) is 1. The van der Waals surface area contributed by atoms with Crippen LogP contribution < -0.4 is 9.64 Å². The zero-order chi connectivity index (χ0) is 9.10. The van der Waals surface area contributed by atoms with E-state index < -0.39 is 0 Å². The van der Waals surface area contributed by atoms with Crippen LogP contribution in [0, 0.1) is 0 Å². The lowest BCUT2D eigenvalue weighted by molar-refractivity contribution is 0.415. The van der Waals surface area contributed by atoms with Crippen molar-refractivity contribution in [1.29, 1.82) is 0 Å². The van der Waals surface area contributed by atoms with Crippen molar-refractivity contribution in [3.8, 4) is 5.75 Å². The van der Waals surface area contributed by atoms with Crippen LogP contribution in [0.2, 0.25) is 0 Å². The van der Waals surface area contributed by atoms with E-state index >= 15 is 0 Å². The first kappa shape index (κ1) is 8.17. The van der Waals surface area contributed by atoms with E-state index in [4.69, 9.17) is 4.74 Å². The summed E-state index contributed by atoms with van der Waals surface area (Å²) in [6.07, 6.45) is 5.41. The molecule has 2 rings (SSSR count). The minimum absolute atomic E-state index is 0.939. The van der Waals surface area contributed by atoms with E-state index in [1.165, 1.54) is 0 Å². The van der Waals surface area contributed by atoms with E-state index in [1.807, 2.05) is 18.2 Å². The molecule has 1 aliphatic heterocycles. The van der Waals surface area contributed by atoms with Crippen LogP contribution in [0.5, 0.6) is 5.75 Å². The Balaban J connectivity index is 2.32. The molecule has 0 radical (unpaired) electrons. The lowest BCUT2D eigenvalue weighted by Gasteiger charge is -2.18. The predicted molar refractivity (Wildman–Crippen MR) is 54.1 cm³/mol. The number of methoxy groups -OCH3 is 1. The van der Waals surface area contributed by atoms with E-state index in [-0.39, 0.29) is 0 Å². The van der Waals surface area contributed by atoms with Gasteiger partial charge < -0.3 is 9.64 Å². The summed E-state index contributed by atoms with van der Waals surface area (Å²) in [4.78, 5) is 2.21. The molecule has 0 N–H and O–H groups in total. The molecule has 0 amide bonds. The van der Waals surface area contributed by atoms with Crippen LogP contribution in [0.4, 0.5) is 5.69 Å². The van der Waals surface area contributed by atoms with Crippen molar-refractivity contribution in [1.82, 2.24) is 0 Å². The molecule has 2 nitrogen and oxygen atoms in total. The highest BCUT2D eigenvalue weighted by Gasteiger charge is 2.10. The van der Waals surface area contributed by atoms with Gasteiger partial charge in [-0.15, -0.1) is 0 Å². The van der Waals surface area contributed by atoms with Crippen LogP contribution in [-0.2, 0) is 0 Å². The summed E-state index contributed by atoms with van der Waals surface area (Å²) >= 11 is 0. The third kappa shape index (κ3) is 1.52. The van der Waals surface area contributed by atoms with Gasteiger partial charge >= 0.3 is 0 Å². The first-order chi connectivity index (χ1) is 6.42. The van der Waals surface area contributed by atoms with Crippen LogP contribution >= 0.6 is 0 Å². The highest BCUT2D eigenvalue weighted by Crippen LogP contribution is 2.29. The fourth-order valence-electron chi connectivity index (χ4n) is 1.56. The van der Waals surface area contributed by atoms with Crippen LogP contribution in [0.1, 0.15) is 6.42 Å². The molecule has 0 spiro atoms. The van der Waals surface area contributed by atoms with Gasteiger partial charge in [0.15, 0.2) is 0 Å². The topological polar surface area (TPSA) is 12.5 Å². The van der Waals surface area contributed by atoms with E-state index in [1.54, 1.807) is 7.11 Å². The van der Waals surface area contributed by atoms with Crippen molar-refractivity contribution >= 4 is 5.69 Å². The number of hydrogen-bond donors (Lipinski definition) is 0. The lowest BCUT2D eigenvalue weighted by Crippen LogP contribution is -2.12. The molecule has 0 saturated carbocycles. The first-order valence-corrected chi connectivity index (χ1v) is 4.48. The summed E-state index contributed by atoms with van der Waals surface area (Å²) in [6.45, 7) is 1.06. The average molecular weight is 175 g/mol. The smallest absolute Gasteiger partial charge is 0.142 e. The minimum Gasteiger partial charge on any atom is -0.495 e. The number of hydrogen-bond acceptors (Lipinski definition) is 2. The third-order valence-electron chi connectivity index (χ3n) is 2.22. The summed E-state index contributed by atoms with van der Waals surface area (Å²) < 4.78 is 5.28. The standard InChI is InChI=1S/C11H13NO/c1-13-11-7-3-2-6-10(11)12-8-4-5-9-12/h2-4,6-8H,5,9H2,1H3. The molecule has 0 bridgehead atoms. The Morgan fingerprint density at radius 1 is 1.31 bits per heavy atom. The Hall–Kier alpha value is -1.44. The van der Waals surface area contributed by atoms with Gasteiger partial charge in [-0.1, -0.05) is 18.2 Å². The molecule has 0 aliphatic carbocycles. The Morgan fingerprint density at radius 3 is 2.85 bits per heavy atom. The second kappa shape index (κ2) is 3.52. The van der Waals surface area contributed by atoms with Crippen molar-refractivity contribution in [2.24, 2.45) is 0 Å². The summed E-state index contributed by atoms with van der Waals surface area (Å²) in [7, 11) is 1.71.